The van der Waals surface area contributed by atoms with Crippen molar-refractivity contribution in [3.05, 3.63) is 226 Å². The van der Waals surface area contributed by atoms with Crippen molar-refractivity contribution in [2.75, 3.05) is 21.3 Å². The first kappa shape index (κ1) is 73.1. The van der Waals surface area contributed by atoms with Gasteiger partial charge in [-0.1, -0.05) is 149 Å². The molecule has 0 saturated heterocycles. The zero-order chi connectivity index (χ0) is 66.7. The molecule has 10 rings (SSSR count). The van der Waals surface area contributed by atoms with E-state index in [9.17, 15) is 33.9 Å². The normalized spacial score (nSPS) is 19.5. The molecule has 0 spiro atoms. The first-order valence-electron chi connectivity index (χ1n) is 30.2. The number of benzene rings is 7. The van der Waals surface area contributed by atoms with Gasteiger partial charge in [0.05, 0.1) is 55.3 Å². The molecule has 7 aromatic carbocycles. The highest BCUT2D eigenvalue weighted by Crippen LogP contribution is 2.58. The van der Waals surface area contributed by atoms with Gasteiger partial charge in [-0.3, -0.25) is 34.0 Å². The number of nitrogens with one attached hydrogen (secondary N) is 1. The van der Waals surface area contributed by atoms with Crippen LogP contribution in [0.4, 0.5) is 0 Å². The molecule has 93 heavy (non-hydrogen) atoms. The molecule has 3 radical (unpaired) electrons. The predicted octanol–water partition coefficient (Wildman–Crippen LogP) is 12.9. The second-order valence-electron chi connectivity index (χ2n) is 25.0. The summed E-state index contributed by atoms with van der Waals surface area (Å²) in [6, 6.07) is 59.5. The van der Waals surface area contributed by atoms with Crippen molar-refractivity contribution in [2.24, 2.45) is 34.0 Å². The van der Waals surface area contributed by atoms with Gasteiger partial charge in [0, 0.05) is 12.9 Å². The Labute approximate surface area is 555 Å². The van der Waals surface area contributed by atoms with Crippen LogP contribution in [0.2, 0.25) is 0 Å². The number of phenolic OH excluding ortho intramolecular Hbond substituents is 1. The number of aromatic hydroxyl groups is 1. The Bertz CT molecular complexity index is 3620. The molecule has 3 fully saturated rings. The third-order valence-corrected chi connectivity index (χ3v) is 16.1. The van der Waals surface area contributed by atoms with E-state index in [0.29, 0.717) is 64.1 Å². The standard InChI is InChI=1S/C24H28O5.C20H21NO5.C17H22O5.C13H11BrO.B/c1-23(2,3)29-21(25)20-15-24(20,22(26)27-4)14-18-11-8-12-19(13-18)28-16-17-9-6-5-7-10-17;1-25-19(23)20(12-17(20)18(22)21-24)11-15-8-5-9-16(10-15)26-13-14-6-3-2-4-7-14;1-16(2,3)22-14(19)13-10-17(13,15(20)21-4)9-11-6-5-7-12(18)8-11;14-12-7-4-8-13(9-12)15-10-11-5-2-1-3-6-11;/h5-13,20H,14-16H2,1-4H3;2-10,17,24H,11-13H2,1H3,(H,21,22);5-8,13,18H,9-10H2,1-4H3;1-9H,10H2;/t20?,24-;17?,20-;13?,17-;;/m000../s1. The highest BCUT2D eigenvalue weighted by Gasteiger charge is 2.67. The van der Waals surface area contributed by atoms with Crippen molar-refractivity contribution in [3.63, 3.8) is 0 Å². The number of halogens is 1. The number of ether oxygens (including phenoxy) is 8. The highest BCUT2D eigenvalue weighted by atomic mass is 79.9. The Morgan fingerprint density at radius 1 is 0.441 bits per heavy atom. The monoisotopic (exact) mass is 1330 g/mol. The second-order valence-corrected chi connectivity index (χ2v) is 25.9. The van der Waals surface area contributed by atoms with Crippen molar-refractivity contribution in [2.45, 2.75) is 111 Å². The maximum absolute atomic E-state index is 12.5. The first-order chi connectivity index (χ1) is 43.8. The first-order valence-corrected chi connectivity index (χ1v) is 31.0. The van der Waals surface area contributed by atoms with Crippen LogP contribution in [0, 0.1) is 34.0 Å². The molecule has 3 aliphatic carbocycles. The third kappa shape index (κ3) is 21.3. The Kier molecular flexibility index (Phi) is 26.0. The van der Waals surface area contributed by atoms with Crippen LogP contribution >= 0.6 is 15.9 Å². The van der Waals surface area contributed by atoms with Crippen LogP contribution in [0.1, 0.15) is 94.2 Å². The van der Waals surface area contributed by atoms with E-state index < -0.39 is 63.0 Å². The number of rotatable bonds is 21. The summed E-state index contributed by atoms with van der Waals surface area (Å²) in [7, 11) is 3.97. The van der Waals surface area contributed by atoms with Crippen LogP contribution in [0.3, 0.4) is 0 Å². The maximum atomic E-state index is 12.5. The number of phenols is 1. The summed E-state index contributed by atoms with van der Waals surface area (Å²) in [6.07, 6.45) is 2.29. The molecular formula is C74H82BBrNO16. The number of carbonyl (C=O) groups excluding carboxylic acids is 6. The van der Waals surface area contributed by atoms with E-state index in [-0.39, 0.29) is 32.1 Å². The van der Waals surface area contributed by atoms with Gasteiger partial charge < -0.3 is 43.0 Å². The van der Waals surface area contributed by atoms with Gasteiger partial charge in [0.1, 0.15) is 54.0 Å². The molecule has 1 amide bonds. The number of methoxy groups -OCH3 is 3. The van der Waals surface area contributed by atoms with Gasteiger partial charge in [-0.15, -0.1) is 0 Å². The van der Waals surface area contributed by atoms with E-state index in [2.05, 4.69) is 28.1 Å². The molecule has 0 heterocycles. The molecule has 7 aromatic rings. The largest absolute Gasteiger partial charge is 0.508 e. The van der Waals surface area contributed by atoms with E-state index in [1.54, 1.807) is 44.5 Å². The van der Waals surface area contributed by atoms with Crippen molar-refractivity contribution >= 4 is 60.1 Å². The number of carbonyl (C=O) groups is 6. The van der Waals surface area contributed by atoms with Crippen LogP contribution in [-0.4, -0.2) is 87.0 Å². The van der Waals surface area contributed by atoms with E-state index in [0.717, 1.165) is 43.8 Å². The van der Waals surface area contributed by atoms with Gasteiger partial charge in [-0.2, -0.15) is 0 Å². The van der Waals surface area contributed by atoms with Crippen molar-refractivity contribution in [1.82, 2.24) is 5.48 Å². The van der Waals surface area contributed by atoms with Gasteiger partial charge in [0.25, 0.3) is 0 Å². The molecule has 3 saturated carbocycles. The van der Waals surface area contributed by atoms with Crippen LogP contribution in [-0.2, 0) is 91.5 Å². The quantitative estimate of drug-likeness (QED) is 0.0200. The zero-order valence-electron chi connectivity index (χ0n) is 54.1. The van der Waals surface area contributed by atoms with Crippen molar-refractivity contribution in [1.29, 1.82) is 0 Å². The smallest absolute Gasteiger partial charge is 0.313 e. The van der Waals surface area contributed by atoms with E-state index >= 15 is 0 Å². The van der Waals surface area contributed by atoms with E-state index in [1.165, 1.54) is 26.9 Å². The van der Waals surface area contributed by atoms with Gasteiger partial charge in [0.15, 0.2) is 0 Å². The molecule has 17 nitrogen and oxygen atoms in total. The summed E-state index contributed by atoms with van der Waals surface area (Å²) >= 11 is 3.41. The lowest BCUT2D eigenvalue weighted by atomic mass is 9.93. The summed E-state index contributed by atoms with van der Waals surface area (Å²) in [5.74, 6) is -1.66. The Balaban J connectivity index is 0.000000200. The molecule has 0 aromatic heterocycles. The molecular weight excluding hydrogens is 1250 g/mol. The summed E-state index contributed by atoms with van der Waals surface area (Å²) in [4.78, 5) is 73.4. The maximum Gasteiger partial charge on any atom is 0.313 e. The molecule has 0 bridgehead atoms. The van der Waals surface area contributed by atoms with Crippen LogP contribution < -0.4 is 19.7 Å². The van der Waals surface area contributed by atoms with Crippen LogP contribution in [0.25, 0.3) is 0 Å². The fourth-order valence-electron chi connectivity index (χ4n) is 10.8. The lowest BCUT2D eigenvalue weighted by Gasteiger charge is -2.21. The molecule has 6 atom stereocenters. The Morgan fingerprint density at radius 3 is 1.09 bits per heavy atom. The van der Waals surface area contributed by atoms with Crippen molar-refractivity contribution in [3.8, 4) is 23.0 Å². The van der Waals surface area contributed by atoms with Gasteiger partial charge in [0.2, 0.25) is 5.91 Å². The average molecular weight is 1330 g/mol. The van der Waals surface area contributed by atoms with Crippen LogP contribution in [0.5, 0.6) is 23.0 Å². The average Bonchev–Trinajstić information content (AvgIpc) is 1.59. The second kappa shape index (κ2) is 33.1. The fraction of sp³-hybridized carbons (Fsp3) is 0.351. The van der Waals surface area contributed by atoms with Gasteiger partial charge in [-0.25, -0.2) is 5.48 Å². The highest BCUT2D eigenvalue weighted by molar-refractivity contribution is 9.10. The number of amides is 1. The SMILES string of the molecule is Brc1cccc(OCc2ccccc2)c1.COC(=O)[C@@]1(Cc2cccc(O)c2)CC1C(=O)OC(C)(C)C.COC(=O)[C@@]1(Cc2cccc(OCc3ccccc3)c2)CC1C(=O)NO.COC(=O)[C@@]1(Cc2cccc(OCc3ccccc3)c2)CC1C(=O)OC(C)(C)C.[B]. The lowest BCUT2D eigenvalue weighted by molar-refractivity contribution is -0.161. The summed E-state index contributed by atoms with van der Waals surface area (Å²) < 4.78 is 44.0. The number of hydrogen-bond donors (Lipinski definition) is 3. The minimum absolute atomic E-state index is 0. The van der Waals surface area contributed by atoms with E-state index in [1.807, 2.05) is 178 Å². The number of hydroxylamine groups is 1. The number of esters is 5. The topological polar surface area (TPSA) is 229 Å². The summed E-state index contributed by atoms with van der Waals surface area (Å²) in [5, 5.41) is 18.4. The summed E-state index contributed by atoms with van der Waals surface area (Å²) in [5.41, 5.74) is 3.66. The predicted molar refractivity (Wildman–Crippen MR) is 354 cm³/mol. The Morgan fingerprint density at radius 2 is 0.753 bits per heavy atom. The molecule has 19 heteroatoms. The Hall–Kier alpha value is -8.94. The van der Waals surface area contributed by atoms with E-state index in [4.69, 9.17) is 43.1 Å². The molecule has 3 N–H and O–H groups in total. The van der Waals surface area contributed by atoms with Crippen LogP contribution in [0.15, 0.2) is 193 Å². The fourth-order valence-corrected chi connectivity index (χ4v) is 11.2. The minimum Gasteiger partial charge on any atom is -0.508 e. The summed E-state index contributed by atoms with van der Waals surface area (Å²) in [6.45, 7) is 12.4. The van der Waals surface area contributed by atoms with Crippen molar-refractivity contribution < 1.29 is 77.0 Å². The molecule has 3 unspecified atom stereocenters. The lowest BCUT2D eigenvalue weighted by Crippen LogP contribution is -2.30. The molecule has 489 valence electrons. The van der Waals surface area contributed by atoms with Gasteiger partial charge >= 0.3 is 29.8 Å². The third-order valence-electron chi connectivity index (χ3n) is 15.6. The van der Waals surface area contributed by atoms with Gasteiger partial charge in [-0.05, 0) is 168 Å². The minimum atomic E-state index is -0.931. The molecule has 0 aliphatic heterocycles. The number of hydrogen-bond acceptors (Lipinski definition) is 16. The zero-order valence-corrected chi connectivity index (χ0v) is 55.6. The molecule has 3 aliphatic rings.